The summed E-state index contributed by atoms with van der Waals surface area (Å²) in [7, 11) is 6.93. The summed E-state index contributed by atoms with van der Waals surface area (Å²) in [5.41, 5.74) is 0.970. The van der Waals surface area contributed by atoms with Crippen LogP contribution >= 0.6 is 0 Å². The van der Waals surface area contributed by atoms with Gasteiger partial charge in [-0.3, -0.25) is 4.79 Å². The molecule has 0 atom stereocenters. The lowest BCUT2D eigenvalue weighted by Crippen LogP contribution is -2.27. The van der Waals surface area contributed by atoms with Gasteiger partial charge >= 0.3 is 0 Å². The first kappa shape index (κ1) is 16.3. The summed E-state index contributed by atoms with van der Waals surface area (Å²) in [5, 5.41) is 3.04. The first-order chi connectivity index (χ1) is 9.62. The first-order valence-electron chi connectivity index (χ1n) is 6.71. The van der Waals surface area contributed by atoms with Gasteiger partial charge in [0.25, 0.3) is 0 Å². The molecule has 1 amide bonds. The van der Waals surface area contributed by atoms with Crippen LogP contribution in [0.2, 0.25) is 0 Å². The van der Waals surface area contributed by atoms with E-state index in [-0.39, 0.29) is 5.91 Å². The molecule has 112 valence electrons. The van der Waals surface area contributed by atoms with Crippen molar-refractivity contribution in [2.24, 2.45) is 0 Å². The molecule has 0 aliphatic heterocycles. The molecule has 0 unspecified atom stereocenters. The van der Waals surface area contributed by atoms with Crippen LogP contribution in [0.15, 0.2) is 18.2 Å². The molecule has 0 spiro atoms. The Morgan fingerprint density at radius 2 is 2.05 bits per heavy atom. The summed E-state index contributed by atoms with van der Waals surface area (Å²) in [4.78, 5) is 13.7. The van der Waals surface area contributed by atoms with E-state index >= 15 is 0 Å². The number of amides is 1. The quantitative estimate of drug-likeness (QED) is 0.736. The molecule has 20 heavy (non-hydrogen) atoms. The summed E-state index contributed by atoms with van der Waals surface area (Å²) in [6, 6.07) is 5.63. The van der Waals surface area contributed by atoms with E-state index in [2.05, 4.69) is 5.32 Å². The number of carbonyl (C=O) groups excluding carboxylic acids is 1. The summed E-state index contributed by atoms with van der Waals surface area (Å²) in [6.45, 7) is 1.39. The third-order valence-corrected chi connectivity index (χ3v) is 3.14. The van der Waals surface area contributed by atoms with Crippen molar-refractivity contribution in [1.82, 2.24) is 10.2 Å². The lowest BCUT2D eigenvalue weighted by Gasteiger charge is -2.19. The second-order valence-corrected chi connectivity index (χ2v) is 4.63. The van der Waals surface area contributed by atoms with Gasteiger partial charge in [-0.15, -0.1) is 0 Å². The lowest BCUT2D eigenvalue weighted by atomic mass is 10.1. The number of ether oxygens (including phenoxy) is 2. The molecule has 0 fully saturated rings. The Bertz CT molecular complexity index is 435. The molecule has 5 nitrogen and oxygen atoms in total. The summed E-state index contributed by atoms with van der Waals surface area (Å²) >= 11 is 0. The monoisotopic (exact) mass is 280 g/mol. The maximum absolute atomic E-state index is 12.0. The van der Waals surface area contributed by atoms with Gasteiger partial charge in [-0.2, -0.15) is 0 Å². The molecule has 0 aromatic heterocycles. The van der Waals surface area contributed by atoms with Gasteiger partial charge < -0.3 is 19.7 Å². The minimum absolute atomic E-state index is 0.137. The number of benzene rings is 1. The minimum atomic E-state index is 0.137. The van der Waals surface area contributed by atoms with Crippen molar-refractivity contribution >= 4 is 5.91 Å². The third kappa shape index (κ3) is 4.74. The Hall–Kier alpha value is -1.75. The maximum Gasteiger partial charge on any atom is 0.222 e. The molecule has 0 heterocycles. The molecule has 1 aromatic carbocycles. The summed E-state index contributed by atoms with van der Waals surface area (Å²) in [5.74, 6) is 1.62. The molecule has 0 saturated heterocycles. The topological polar surface area (TPSA) is 50.8 Å². The van der Waals surface area contributed by atoms with Crippen LogP contribution in [0.5, 0.6) is 11.5 Å². The van der Waals surface area contributed by atoms with E-state index in [1.165, 1.54) is 0 Å². The molecule has 0 bridgehead atoms. The van der Waals surface area contributed by atoms with Crippen LogP contribution in [0, 0.1) is 0 Å². The summed E-state index contributed by atoms with van der Waals surface area (Å²) < 4.78 is 10.5. The minimum Gasteiger partial charge on any atom is -0.497 e. The van der Waals surface area contributed by atoms with Crippen LogP contribution < -0.4 is 14.8 Å². The molecule has 0 aliphatic carbocycles. The second-order valence-electron chi connectivity index (χ2n) is 4.63. The molecule has 1 rings (SSSR count). The zero-order valence-corrected chi connectivity index (χ0v) is 12.7. The van der Waals surface area contributed by atoms with Gasteiger partial charge in [0.1, 0.15) is 11.5 Å². The van der Waals surface area contributed by atoms with E-state index in [9.17, 15) is 4.79 Å². The molecule has 0 radical (unpaired) electrons. The van der Waals surface area contributed by atoms with Crippen molar-refractivity contribution in [3.8, 4) is 11.5 Å². The fourth-order valence-electron chi connectivity index (χ4n) is 1.93. The van der Waals surface area contributed by atoms with Gasteiger partial charge in [-0.25, -0.2) is 0 Å². The number of nitrogens with zero attached hydrogens (tertiary/aromatic N) is 1. The van der Waals surface area contributed by atoms with Crippen molar-refractivity contribution in [1.29, 1.82) is 0 Å². The smallest absolute Gasteiger partial charge is 0.222 e. The Morgan fingerprint density at radius 1 is 1.30 bits per heavy atom. The van der Waals surface area contributed by atoms with Crippen LogP contribution in [-0.4, -0.2) is 45.7 Å². The second kappa shape index (κ2) is 8.43. The normalized spacial score (nSPS) is 10.2. The maximum atomic E-state index is 12.0. The predicted molar refractivity (Wildman–Crippen MR) is 79.2 cm³/mol. The standard InChI is InChI=1S/C15H24N2O3/c1-16-9-5-6-15(18)17(2)11-12-7-8-13(19-3)10-14(12)20-4/h7-8,10,16H,5-6,9,11H2,1-4H3. The summed E-state index contributed by atoms with van der Waals surface area (Å²) in [6.07, 6.45) is 1.40. The number of nitrogens with one attached hydrogen (secondary N) is 1. The van der Waals surface area contributed by atoms with Crippen LogP contribution in [0.25, 0.3) is 0 Å². The van der Waals surface area contributed by atoms with E-state index in [0.29, 0.717) is 13.0 Å². The van der Waals surface area contributed by atoms with Gasteiger partial charge in [-0.1, -0.05) is 0 Å². The van der Waals surface area contributed by atoms with E-state index < -0.39 is 0 Å². The van der Waals surface area contributed by atoms with Crippen LogP contribution in [0.1, 0.15) is 18.4 Å². The zero-order valence-electron chi connectivity index (χ0n) is 12.7. The van der Waals surface area contributed by atoms with Crippen molar-refractivity contribution < 1.29 is 14.3 Å². The number of methoxy groups -OCH3 is 2. The highest BCUT2D eigenvalue weighted by Crippen LogP contribution is 2.25. The Kier molecular flexibility index (Phi) is 6.87. The Labute approximate surface area is 120 Å². The van der Waals surface area contributed by atoms with Crippen LogP contribution in [-0.2, 0) is 11.3 Å². The highest BCUT2D eigenvalue weighted by Gasteiger charge is 2.12. The zero-order chi connectivity index (χ0) is 15.0. The Balaban J connectivity index is 2.65. The molecule has 0 aliphatic rings. The number of hydrogen-bond acceptors (Lipinski definition) is 4. The van der Waals surface area contributed by atoms with Crippen LogP contribution in [0.4, 0.5) is 0 Å². The SMILES string of the molecule is CNCCCC(=O)N(C)Cc1ccc(OC)cc1OC. The highest BCUT2D eigenvalue weighted by atomic mass is 16.5. The van der Waals surface area contributed by atoms with Crippen LogP contribution in [0.3, 0.4) is 0 Å². The largest absolute Gasteiger partial charge is 0.497 e. The fraction of sp³-hybridized carbons (Fsp3) is 0.533. The molecular formula is C15H24N2O3. The van der Waals surface area contributed by atoms with Gasteiger partial charge in [0, 0.05) is 31.6 Å². The highest BCUT2D eigenvalue weighted by molar-refractivity contribution is 5.75. The predicted octanol–water partition coefficient (Wildman–Crippen LogP) is 1.66. The number of rotatable bonds is 8. The Morgan fingerprint density at radius 3 is 2.65 bits per heavy atom. The molecular weight excluding hydrogens is 256 g/mol. The average Bonchev–Trinajstić information content (AvgIpc) is 2.47. The van der Waals surface area contributed by atoms with Gasteiger partial charge in [0.05, 0.1) is 14.2 Å². The molecule has 5 heteroatoms. The van der Waals surface area contributed by atoms with Gasteiger partial charge in [0.15, 0.2) is 0 Å². The van der Waals surface area contributed by atoms with Crippen molar-refractivity contribution in [2.45, 2.75) is 19.4 Å². The van der Waals surface area contributed by atoms with Crippen molar-refractivity contribution in [2.75, 3.05) is 34.9 Å². The fourth-order valence-corrected chi connectivity index (χ4v) is 1.93. The third-order valence-electron chi connectivity index (χ3n) is 3.14. The van der Waals surface area contributed by atoms with E-state index in [1.54, 1.807) is 19.1 Å². The van der Waals surface area contributed by atoms with E-state index in [0.717, 1.165) is 30.0 Å². The van der Waals surface area contributed by atoms with E-state index in [4.69, 9.17) is 9.47 Å². The number of carbonyl (C=O) groups is 1. The number of hydrogen-bond donors (Lipinski definition) is 1. The van der Waals surface area contributed by atoms with Gasteiger partial charge in [-0.05, 0) is 32.1 Å². The van der Waals surface area contributed by atoms with Crippen molar-refractivity contribution in [3.05, 3.63) is 23.8 Å². The average molecular weight is 280 g/mol. The molecule has 1 aromatic rings. The lowest BCUT2D eigenvalue weighted by molar-refractivity contribution is -0.130. The first-order valence-corrected chi connectivity index (χ1v) is 6.71. The van der Waals surface area contributed by atoms with Gasteiger partial charge in [0.2, 0.25) is 5.91 Å². The molecule has 0 saturated carbocycles. The van der Waals surface area contributed by atoms with E-state index in [1.807, 2.05) is 32.3 Å². The van der Waals surface area contributed by atoms with Crippen molar-refractivity contribution in [3.63, 3.8) is 0 Å². The molecule has 1 N–H and O–H groups in total.